The van der Waals surface area contributed by atoms with Crippen LogP contribution in [-0.4, -0.2) is 50.9 Å². The van der Waals surface area contributed by atoms with Gasteiger partial charge in [-0.2, -0.15) is 0 Å². The molecule has 4 aromatic rings. The van der Waals surface area contributed by atoms with Crippen molar-refractivity contribution in [2.75, 3.05) is 19.5 Å². The summed E-state index contributed by atoms with van der Waals surface area (Å²) in [7, 11) is 3.41. The van der Waals surface area contributed by atoms with Gasteiger partial charge in [-0.1, -0.05) is 19.1 Å². The Labute approximate surface area is 263 Å². The largest absolute Gasteiger partial charge is 0.507 e. The van der Waals surface area contributed by atoms with Gasteiger partial charge >= 0.3 is 5.97 Å². The van der Waals surface area contributed by atoms with Crippen LogP contribution in [0.25, 0.3) is 11.0 Å². The highest BCUT2D eigenvalue weighted by atomic mass is 32.2. The molecular weight excluding hydrogens is 576 g/mol. The highest BCUT2D eigenvalue weighted by Crippen LogP contribution is 2.43. The summed E-state index contributed by atoms with van der Waals surface area (Å²) in [5.41, 5.74) is 6.22. The lowest BCUT2D eigenvalue weighted by Gasteiger charge is -2.37. The molecule has 0 saturated heterocycles. The van der Waals surface area contributed by atoms with Crippen molar-refractivity contribution >= 4 is 28.8 Å². The summed E-state index contributed by atoms with van der Waals surface area (Å²) in [6.45, 7) is 10.7. The Morgan fingerprint density at radius 2 is 1.82 bits per heavy atom. The number of rotatable bonds is 11. The van der Waals surface area contributed by atoms with Crippen molar-refractivity contribution in [2.45, 2.75) is 71.3 Å². The SMILES string of the molecule is CCSC(Cc1ccc(OCc2nc3ccc(OCC4(C)CCc5c(C)c(O)c(C)c(C)c5O4)cc3n2C)cc1)C(=O)OC. The van der Waals surface area contributed by atoms with Gasteiger partial charge < -0.3 is 28.6 Å². The Balaban J connectivity index is 1.22. The molecule has 2 heterocycles. The van der Waals surface area contributed by atoms with E-state index in [9.17, 15) is 9.90 Å². The van der Waals surface area contributed by atoms with Gasteiger partial charge in [-0.3, -0.25) is 4.79 Å². The summed E-state index contributed by atoms with van der Waals surface area (Å²) in [5, 5.41) is 10.3. The Bertz CT molecular complexity index is 1660. The van der Waals surface area contributed by atoms with E-state index in [4.69, 9.17) is 23.9 Å². The maximum Gasteiger partial charge on any atom is 0.319 e. The van der Waals surface area contributed by atoms with Crippen LogP contribution in [0.5, 0.6) is 23.0 Å². The third-order valence-corrected chi connectivity index (χ3v) is 9.72. The van der Waals surface area contributed by atoms with Gasteiger partial charge in [0, 0.05) is 18.7 Å². The van der Waals surface area contributed by atoms with Crippen LogP contribution in [0, 0.1) is 20.8 Å². The van der Waals surface area contributed by atoms with E-state index in [1.807, 2.05) is 81.8 Å². The number of carbonyl (C=O) groups excluding carboxylic acids is 1. The zero-order valence-corrected chi connectivity index (χ0v) is 27.5. The summed E-state index contributed by atoms with van der Waals surface area (Å²) < 4.78 is 25.9. The lowest BCUT2D eigenvalue weighted by atomic mass is 9.87. The molecule has 1 aliphatic rings. The number of imidazole rings is 1. The maximum atomic E-state index is 12.1. The highest BCUT2D eigenvalue weighted by Gasteiger charge is 2.35. The van der Waals surface area contributed by atoms with Crippen LogP contribution in [0.15, 0.2) is 42.5 Å². The van der Waals surface area contributed by atoms with E-state index in [2.05, 4.69) is 6.92 Å². The zero-order chi connectivity index (χ0) is 31.6. The molecule has 2 unspecified atom stereocenters. The number of ether oxygens (including phenoxy) is 4. The number of aromatic hydroxyl groups is 1. The Morgan fingerprint density at radius 1 is 1.09 bits per heavy atom. The van der Waals surface area contributed by atoms with Crippen LogP contribution in [0.3, 0.4) is 0 Å². The molecule has 5 rings (SSSR count). The van der Waals surface area contributed by atoms with Crippen molar-refractivity contribution in [3.63, 3.8) is 0 Å². The first-order valence-electron chi connectivity index (χ1n) is 15.0. The molecule has 3 aromatic carbocycles. The predicted octanol–water partition coefficient (Wildman–Crippen LogP) is 6.78. The topological polar surface area (TPSA) is 92.0 Å². The lowest BCUT2D eigenvalue weighted by molar-refractivity contribution is -0.139. The number of phenols is 1. The fourth-order valence-corrected chi connectivity index (χ4v) is 6.64. The number of nitrogens with zero attached hydrogens (tertiary/aromatic N) is 2. The molecule has 234 valence electrons. The number of fused-ring (bicyclic) bond motifs is 2. The molecule has 1 N–H and O–H groups in total. The minimum atomic E-state index is -0.487. The van der Waals surface area contributed by atoms with Gasteiger partial charge in [-0.25, -0.2) is 4.98 Å². The van der Waals surface area contributed by atoms with Gasteiger partial charge in [0.15, 0.2) is 0 Å². The van der Waals surface area contributed by atoms with Crippen LogP contribution >= 0.6 is 11.8 Å². The van der Waals surface area contributed by atoms with Crippen LogP contribution in [0.4, 0.5) is 0 Å². The van der Waals surface area contributed by atoms with Crippen molar-refractivity contribution in [1.29, 1.82) is 0 Å². The molecule has 0 saturated carbocycles. The standard InChI is InChI=1S/C35H42N2O6S/c1-8-44-30(34(39)40-7)17-24-9-11-25(12-10-24)41-19-31-36-28-14-13-26(18-29(28)37(31)6)42-20-35(5)16-15-27-23(4)32(38)21(2)22(3)33(27)43-35/h9-14,18,30,38H,8,15-17,19-20H2,1-7H3. The van der Waals surface area contributed by atoms with Crippen molar-refractivity contribution in [3.8, 4) is 23.0 Å². The molecule has 0 radical (unpaired) electrons. The van der Waals surface area contributed by atoms with Gasteiger partial charge in [-0.05, 0) is 99.2 Å². The maximum absolute atomic E-state index is 12.1. The highest BCUT2D eigenvalue weighted by molar-refractivity contribution is 8.00. The number of carbonyl (C=O) groups is 1. The minimum Gasteiger partial charge on any atom is -0.507 e. The van der Waals surface area contributed by atoms with Crippen LogP contribution in [-0.2, 0) is 36.0 Å². The summed E-state index contributed by atoms with van der Waals surface area (Å²) in [6, 6.07) is 13.7. The number of benzene rings is 3. The van der Waals surface area contributed by atoms with E-state index in [0.717, 1.165) is 80.5 Å². The second kappa shape index (κ2) is 13.0. The second-order valence-electron chi connectivity index (χ2n) is 11.7. The van der Waals surface area contributed by atoms with E-state index in [-0.39, 0.29) is 11.2 Å². The fraction of sp³-hybridized carbons (Fsp3) is 0.429. The quantitative estimate of drug-likeness (QED) is 0.184. The van der Waals surface area contributed by atoms with Crippen LogP contribution in [0.2, 0.25) is 0 Å². The summed E-state index contributed by atoms with van der Waals surface area (Å²) in [4.78, 5) is 16.8. The number of hydrogen-bond donors (Lipinski definition) is 1. The molecule has 0 amide bonds. The van der Waals surface area contributed by atoms with Crippen molar-refractivity contribution in [2.24, 2.45) is 7.05 Å². The number of methoxy groups -OCH3 is 1. The molecule has 8 nitrogen and oxygen atoms in total. The number of aromatic nitrogens is 2. The summed E-state index contributed by atoms with van der Waals surface area (Å²) in [5.74, 6) is 4.18. The molecule has 0 spiro atoms. The van der Waals surface area contributed by atoms with Gasteiger partial charge in [-0.15, -0.1) is 11.8 Å². The molecule has 44 heavy (non-hydrogen) atoms. The number of aryl methyl sites for hydroxylation is 1. The molecular formula is C35H42N2O6S. The Morgan fingerprint density at radius 3 is 2.52 bits per heavy atom. The predicted molar refractivity (Wildman–Crippen MR) is 174 cm³/mol. The average Bonchev–Trinajstić information content (AvgIpc) is 3.35. The van der Waals surface area contributed by atoms with Crippen LogP contribution < -0.4 is 14.2 Å². The summed E-state index contributed by atoms with van der Waals surface area (Å²) >= 11 is 1.59. The first-order valence-corrected chi connectivity index (χ1v) is 16.1. The molecule has 0 bridgehead atoms. The van der Waals surface area contributed by atoms with Gasteiger partial charge in [0.25, 0.3) is 0 Å². The Hall–Kier alpha value is -3.85. The number of thioether (sulfide) groups is 1. The first-order chi connectivity index (χ1) is 21.0. The molecule has 1 aliphatic heterocycles. The summed E-state index contributed by atoms with van der Waals surface area (Å²) in [6.07, 6.45) is 2.24. The fourth-order valence-electron chi connectivity index (χ4n) is 5.70. The van der Waals surface area contributed by atoms with E-state index >= 15 is 0 Å². The number of esters is 1. The third-order valence-electron chi connectivity index (χ3n) is 8.63. The van der Waals surface area contributed by atoms with E-state index in [1.165, 1.54) is 7.11 Å². The molecule has 1 aromatic heterocycles. The van der Waals surface area contributed by atoms with E-state index < -0.39 is 5.60 Å². The van der Waals surface area contributed by atoms with Crippen LogP contribution in [0.1, 0.15) is 53.9 Å². The monoisotopic (exact) mass is 618 g/mol. The number of phenolic OH excluding ortho intramolecular Hbond substituents is 1. The van der Waals surface area contributed by atoms with Crippen molar-refractivity contribution in [3.05, 3.63) is 76.1 Å². The van der Waals surface area contributed by atoms with Crippen molar-refractivity contribution < 1.29 is 28.8 Å². The third kappa shape index (κ3) is 6.48. The Kier molecular flexibility index (Phi) is 9.34. The average molecular weight is 619 g/mol. The molecule has 0 fully saturated rings. The smallest absolute Gasteiger partial charge is 0.319 e. The van der Waals surface area contributed by atoms with Gasteiger partial charge in [0.2, 0.25) is 0 Å². The van der Waals surface area contributed by atoms with E-state index in [0.29, 0.717) is 25.4 Å². The van der Waals surface area contributed by atoms with E-state index in [1.54, 1.807) is 11.8 Å². The number of hydrogen-bond acceptors (Lipinski definition) is 8. The van der Waals surface area contributed by atoms with Gasteiger partial charge in [0.05, 0.1) is 18.1 Å². The van der Waals surface area contributed by atoms with Crippen molar-refractivity contribution in [1.82, 2.24) is 9.55 Å². The lowest BCUT2D eigenvalue weighted by Crippen LogP contribution is -2.42. The molecule has 9 heteroatoms. The van der Waals surface area contributed by atoms with Gasteiger partial charge in [0.1, 0.15) is 52.9 Å². The zero-order valence-electron chi connectivity index (χ0n) is 26.7. The first kappa shape index (κ1) is 31.6. The molecule has 2 atom stereocenters. The second-order valence-corrected chi connectivity index (χ2v) is 13.2. The normalized spacial score (nSPS) is 16.7. The molecule has 0 aliphatic carbocycles. The minimum absolute atomic E-state index is 0.197.